The highest BCUT2D eigenvalue weighted by Gasteiger charge is 2.27. The predicted molar refractivity (Wildman–Crippen MR) is 74.7 cm³/mol. The van der Waals surface area contributed by atoms with Gasteiger partial charge in [0.2, 0.25) is 5.76 Å². The smallest absolute Gasteiger partial charge is 0.292 e. The second-order valence-electron chi connectivity index (χ2n) is 5.95. The normalized spacial score (nSPS) is 19.0. The number of hydrogen-bond donors (Lipinski definition) is 1. The monoisotopic (exact) mass is 286 g/mol. The zero-order chi connectivity index (χ0) is 14.2. The van der Waals surface area contributed by atoms with Crippen molar-refractivity contribution in [1.82, 2.24) is 20.3 Å². The highest BCUT2D eigenvalue weighted by Crippen LogP contribution is 2.33. The summed E-state index contributed by atoms with van der Waals surface area (Å²) in [7, 11) is 0. The van der Waals surface area contributed by atoms with Crippen LogP contribution in [-0.2, 0) is 13.0 Å². The summed E-state index contributed by atoms with van der Waals surface area (Å²) in [6, 6.07) is 1.84. The number of rotatable bonds is 2. The van der Waals surface area contributed by atoms with Crippen LogP contribution in [0.1, 0.15) is 59.1 Å². The molecule has 1 amide bonds. The number of amides is 1. The van der Waals surface area contributed by atoms with E-state index in [4.69, 9.17) is 4.52 Å². The second kappa shape index (κ2) is 5.02. The molecule has 0 unspecified atom stereocenters. The topological polar surface area (TPSA) is 75.0 Å². The molecule has 110 valence electrons. The van der Waals surface area contributed by atoms with E-state index in [2.05, 4.69) is 15.4 Å². The van der Waals surface area contributed by atoms with Crippen LogP contribution in [0, 0.1) is 0 Å². The van der Waals surface area contributed by atoms with Crippen LogP contribution in [0.25, 0.3) is 0 Å². The maximum absolute atomic E-state index is 12.5. The van der Waals surface area contributed by atoms with Crippen molar-refractivity contribution in [1.29, 1.82) is 0 Å². The average molecular weight is 286 g/mol. The van der Waals surface area contributed by atoms with Gasteiger partial charge in [-0.2, -0.15) is 5.10 Å². The third-order valence-electron chi connectivity index (χ3n) is 4.60. The van der Waals surface area contributed by atoms with Gasteiger partial charge in [0.25, 0.3) is 5.91 Å². The lowest BCUT2D eigenvalue weighted by Crippen LogP contribution is -2.35. The molecule has 1 fully saturated rings. The Morgan fingerprint density at radius 2 is 2.24 bits per heavy atom. The third-order valence-corrected chi connectivity index (χ3v) is 4.60. The van der Waals surface area contributed by atoms with E-state index in [0.717, 1.165) is 36.2 Å². The number of hydrogen-bond acceptors (Lipinski definition) is 4. The molecule has 0 atom stereocenters. The maximum atomic E-state index is 12.5. The molecule has 6 heteroatoms. The van der Waals surface area contributed by atoms with Crippen molar-refractivity contribution in [2.45, 2.75) is 44.6 Å². The van der Waals surface area contributed by atoms with Gasteiger partial charge in [0.15, 0.2) is 0 Å². The molecule has 1 saturated carbocycles. The molecular formula is C15H18N4O2. The molecule has 21 heavy (non-hydrogen) atoms. The van der Waals surface area contributed by atoms with Gasteiger partial charge in [-0.1, -0.05) is 18.0 Å². The number of nitrogens with one attached hydrogen (secondary N) is 1. The van der Waals surface area contributed by atoms with E-state index in [1.165, 1.54) is 12.8 Å². The number of carbonyl (C=O) groups is 1. The minimum absolute atomic E-state index is 0.0707. The minimum Gasteiger partial charge on any atom is -0.351 e. The van der Waals surface area contributed by atoms with Gasteiger partial charge in [-0.3, -0.25) is 9.89 Å². The number of H-pyrrole nitrogens is 1. The number of aromatic amines is 1. The molecule has 0 radical (unpaired) electrons. The van der Waals surface area contributed by atoms with Gasteiger partial charge in [-0.15, -0.1) is 0 Å². The molecule has 0 aromatic carbocycles. The Balaban J connectivity index is 1.50. The van der Waals surface area contributed by atoms with Crippen LogP contribution < -0.4 is 0 Å². The Hall–Kier alpha value is -2.11. The summed E-state index contributed by atoms with van der Waals surface area (Å²) < 4.78 is 5.30. The van der Waals surface area contributed by atoms with Crippen LogP contribution >= 0.6 is 0 Å². The SMILES string of the molecule is O=C(c1cc(C2CCCC2)no1)N1CCc2[nH]ncc2C1. The van der Waals surface area contributed by atoms with E-state index < -0.39 is 0 Å². The van der Waals surface area contributed by atoms with Crippen LogP contribution in [0.3, 0.4) is 0 Å². The van der Waals surface area contributed by atoms with Crippen LogP contribution in [0.2, 0.25) is 0 Å². The van der Waals surface area contributed by atoms with Crippen molar-refractivity contribution in [2.75, 3.05) is 6.54 Å². The van der Waals surface area contributed by atoms with Crippen molar-refractivity contribution < 1.29 is 9.32 Å². The third kappa shape index (κ3) is 2.24. The average Bonchev–Trinajstić information content (AvgIpc) is 3.24. The summed E-state index contributed by atoms with van der Waals surface area (Å²) in [5.41, 5.74) is 3.16. The van der Waals surface area contributed by atoms with Gasteiger partial charge in [-0.25, -0.2) is 0 Å². The number of nitrogens with zero attached hydrogens (tertiary/aromatic N) is 3. The van der Waals surface area contributed by atoms with Crippen LogP contribution in [0.15, 0.2) is 16.8 Å². The minimum atomic E-state index is -0.0707. The Bertz CT molecular complexity index is 654. The van der Waals surface area contributed by atoms with Gasteiger partial charge >= 0.3 is 0 Å². The fourth-order valence-electron chi connectivity index (χ4n) is 3.35. The van der Waals surface area contributed by atoms with Crippen molar-refractivity contribution in [3.8, 4) is 0 Å². The molecule has 6 nitrogen and oxygen atoms in total. The second-order valence-corrected chi connectivity index (χ2v) is 5.95. The summed E-state index contributed by atoms with van der Waals surface area (Å²) in [5, 5.41) is 11.1. The van der Waals surface area contributed by atoms with E-state index in [1.807, 2.05) is 6.07 Å². The zero-order valence-corrected chi connectivity index (χ0v) is 11.8. The first-order valence-electron chi connectivity index (χ1n) is 7.58. The van der Waals surface area contributed by atoms with Crippen molar-refractivity contribution >= 4 is 5.91 Å². The molecule has 3 heterocycles. The summed E-state index contributed by atoms with van der Waals surface area (Å²) in [6.45, 7) is 1.28. The van der Waals surface area contributed by atoms with Gasteiger partial charge in [0, 0.05) is 42.8 Å². The quantitative estimate of drug-likeness (QED) is 0.918. The van der Waals surface area contributed by atoms with Gasteiger partial charge < -0.3 is 9.42 Å². The number of aromatic nitrogens is 3. The Kier molecular flexibility index (Phi) is 3.02. The molecule has 1 N–H and O–H groups in total. The van der Waals surface area contributed by atoms with Crippen molar-refractivity contribution in [3.63, 3.8) is 0 Å². The maximum Gasteiger partial charge on any atom is 0.292 e. The summed E-state index contributed by atoms with van der Waals surface area (Å²) in [5.74, 6) is 0.763. The molecular weight excluding hydrogens is 268 g/mol. The molecule has 0 spiro atoms. The zero-order valence-electron chi connectivity index (χ0n) is 11.8. The molecule has 0 saturated heterocycles. The van der Waals surface area contributed by atoms with E-state index >= 15 is 0 Å². The first-order chi connectivity index (χ1) is 10.3. The largest absolute Gasteiger partial charge is 0.351 e. The Labute approximate surface area is 122 Å². The predicted octanol–water partition coefficient (Wildman–Crippen LogP) is 2.25. The lowest BCUT2D eigenvalue weighted by atomic mass is 10.0. The Morgan fingerprint density at radius 1 is 1.38 bits per heavy atom. The highest BCUT2D eigenvalue weighted by atomic mass is 16.5. The van der Waals surface area contributed by atoms with Crippen molar-refractivity contribution in [3.05, 3.63) is 35.0 Å². The van der Waals surface area contributed by atoms with Crippen LogP contribution in [0.5, 0.6) is 0 Å². The summed E-state index contributed by atoms with van der Waals surface area (Å²) >= 11 is 0. The lowest BCUT2D eigenvalue weighted by Gasteiger charge is -2.25. The first kappa shape index (κ1) is 12.6. The van der Waals surface area contributed by atoms with Crippen LogP contribution in [0.4, 0.5) is 0 Å². The van der Waals surface area contributed by atoms with E-state index in [-0.39, 0.29) is 5.91 Å². The molecule has 1 aliphatic heterocycles. The molecule has 2 aromatic rings. The van der Waals surface area contributed by atoms with Gasteiger partial charge in [0.1, 0.15) is 0 Å². The van der Waals surface area contributed by atoms with Gasteiger partial charge in [0.05, 0.1) is 11.9 Å². The highest BCUT2D eigenvalue weighted by molar-refractivity contribution is 5.91. The van der Waals surface area contributed by atoms with Crippen molar-refractivity contribution in [2.24, 2.45) is 0 Å². The number of fused-ring (bicyclic) bond motifs is 1. The van der Waals surface area contributed by atoms with Gasteiger partial charge in [-0.05, 0) is 12.8 Å². The Morgan fingerprint density at radius 3 is 3.10 bits per heavy atom. The fraction of sp³-hybridized carbons (Fsp3) is 0.533. The lowest BCUT2D eigenvalue weighted by molar-refractivity contribution is 0.0692. The van der Waals surface area contributed by atoms with E-state index in [9.17, 15) is 4.79 Å². The van der Waals surface area contributed by atoms with E-state index in [1.54, 1.807) is 11.1 Å². The fourth-order valence-corrected chi connectivity index (χ4v) is 3.35. The van der Waals surface area contributed by atoms with E-state index in [0.29, 0.717) is 24.8 Å². The first-order valence-corrected chi connectivity index (χ1v) is 7.58. The number of carbonyl (C=O) groups excluding carboxylic acids is 1. The summed E-state index contributed by atoms with van der Waals surface area (Å²) in [4.78, 5) is 14.3. The molecule has 1 aliphatic carbocycles. The molecule has 4 rings (SSSR count). The summed E-state index contributed by atoms with van der Waals surface area (Å²) in [6.07, 6.45) is 7.40. The molecule has 2 aliphatic rings. The molecule has 2 aromatic heterocycles. The molecule has 0 bridgehead atoms. The standard InChI is InChI=1S/C15H18N4O2/c20-15(19-6-5-12-11(9-19)8-16-17-12)14-7-13(18-21-14)10-3-1-2-4-10/h7-8,10H,1-6,9H2,(H,16,17). The van der Waals surface area contributed by atoms with Crippen LogP contribution in [-0.4, -0.2) is 32.7 Å².